The highest BCUT2D eigenvalue weighted by molar-refractivity contribution is 6.25. The van der Waals surface area contributed by atoms with E-state index in [1.165, 1.54) is 11.0 Å². The van der Waals surface area contributed by atoms with Gasteiger partial charge < -0.3 is 19.2 Å². The summed E-state index contributed by atoms with van der Waals surface area (Å²) in [4.78, 5) is 58.0. The fraction of sp³-hybridized carbons (Fsp3) is 0.375. The first-order chi connectivity index (χ1) is 19.9. The van der Waals surface area contributed by atoms with Gasteiger partial charge in [0, 0.05) is 35.5 Å². The number of amides is 2. The fourth-order valence-corrected chi connectivity index (χ4v) is 7.23. The van der Waals surface area contributed by atoms with E-state index in [2.05, 4.69) is 4.90 Å². The summed E-state index contributed by atoms with van der Waals surface area (Å²) in [5.74, 6) is -2.49. The molecular weight excluding hydrogens is 524 g/mol. The number of aliphatic hydroxyl groups excluding tert-OH is 1. The molecule has 4 atom stereocenters. The van der Waals surface area contributed by atoms with Crippen molar-refractivity contribution in [2.75, 3.05) is 36.1 Å². The van der Waals surface area contributed by atoms with Crippen molar-refractivity contribution < 1.29 is 33.4 Å². The minimum atomic E-state index is -0.657. The molecule has 2 saturated heterocycles. The second-order valence-electron chi connectivity index (χ2n) is 11.3. The average Bonchev–Trinajstić information content (AvgIpc) is 3.57. The number of benzene rings is 1. The number of aliphatic hydroxyl groups is 1. The van der Waals surface area contributed by atoms with Crippen LogP contribution in [-0.2, 0) is 30.5 Å². The molecule has 2 amide bonds. The Balaban J connectivity index is 1.25. The topological polar surface area (TPSA) is 117 Å². The number of anilines is 2. The van der Waals surface area contributed by atoms with Gasteiger partial charge in [-0.3, -0.25) is 24.1 Å². The number of ketones is 2. The molecule has 2 aliphatic heterocycles. The van der Waals surface area contributed by atoms with Crippen LogP contribution in [0.1, 0.15) is 37.2 Å². The number of morpholine rings is 1. The molecule has 5 aliphatic rings. The lowest BCUT2D eigenvalue weighted by atomic mass is 9.60. The Kier molecular flexibility index (Phi) is 6.17. The van der Waals surface area contributed by atoms with Crippen LogP contribution in [0, 0.1) is 17.8 Å². The molecule has 9 heteroatoms. The van der Waals surface area contributed by atoms with Gasteiger partial charge in [0.05, 0.1) is 36.7 Å². The van der Waals surface area contributed by atoms with Gasteiger partial charge in [0.25, 0.3) is 0 Å². The largest absolute Gasteiger partial charge is 0.463 e. The van der Waals surface area contributed by atoms with Gasteiger partial charge in [-0.05, 0) is 68.2 Å². The summed E-state index contributed by atoms with van der Waals surface area (Å²) in [5.41, 5.74) is 3.48. The minimum Gasteiger partial charge on any atom is -0.463 e. The van der Waals surface area contributed by atoms with Crippen molar-refractivity contribution >= 4 is 34.8 Å². The first kappa shape index (κ1) is 25.9. The summed E-state index contributed by atoms with van der Waals surface area (Å²) >= 11 is 0. The van der Waals surface area contributed by atoms with Crippen LogP contribution in [0.3, 0.4) is 0 Å². The normalized spacial score (nSPS) is 28.0. The average molecular weight is 555 g/mol. The van der Waals surface area contributed by atoms with E-state index in [4.69, 9.17) is 9.15 Å². The van der Waals surface area contributed by atoms with E-state index in [1.807, 2.05) is 30.3 Å². The molecule has 0 saturated carbocycles. The molecule has 0 unspecified atom stereocenters. The number of carbonyl (C=O) groups excluding carboxylic acids is 4. The number of imide groups is 1. The highest BCUT2D eigenvalue weighted by Gasteiger charge is 2.57. The van der Waals surface area contributed by atoms with Gasteiger partial charge in [-0.2, -0.15) is 0 Å². The van der Waals surface area contributed by atoms with Gasteiger partial charge in [0.15, 0.2) is 11.6 Å². The third-order valence-electron chi connectivity index (χ3n) is 9.17. The molecule has 0 radical (unpaired) electrons. The Hall–Kier alpha value is -4.08. The zero-order chi connectivity index (χ0) is 28.4. The molecule has 2 aromatic rings. The lowest BCUT2D eigenvalue weighted by Gasteiger charge is -2.41. The van der Waals surface area contributed by atoms with Crippen LogP contribution >= 0.6 is 0 Å². The third-order valence-corrected chi connectivity index (χ3v) is 9.17. The van der Waals surface area contributed by atoms with Gasteiger partial charge in [0.1, 0.15) is 18.1 Å². The first-order valence-electron chi connectivity index (χ1n) is 14.1. The number of allylic oxidation sites excluding steroid dienone is 6. The van der Waals surface area contributed by atoms with Crippen LogP contribution in [-0.4, -0.2) is 54.8 Å². The SMILES string of the molecule is CC1=CC(=O)C2=C(C[C@@H]3C(=CC[C@@H]4C(=O)N(c5ccc(N6CCOCC6)cc5)C(=O)[C@@H]43)[C@@H]2c2ccc(CO)o2)C1=O. The summed E-state index contributed by atoms with van der Waals surface area (Å²) in [6, 6.07) is 10.8. The van der Waals surface area contributed by atoms with Gasteiger partial charge in [0.2, 0.25) is 11.8 Å². The second-order valence-corrected chi connectivity index (χ2v) is 11.3. The van der Waals surface area contributed by atoms with E-state index in [0.717, 1.165) is 24.4 Å². The van der Waals surface area contributed by atoms with Crippen LogP contribution < -0.4 is 9.80 Å². The Bertz CT molecular complexity index is 1570. The molecule has 1 aromatic heterocycles. The number of carbonyl (C=O) groups is 4. The predicted octanol–water partition coefficient (Wildman–Crippen LogP) is 3.24. The van der Waals surface area contributed by atoms with Crippen LogP contribution in [0.15, 0.2) is 75.3 Å². The number of hydrogen-bond donors (Lipinski definition) is 1. The molecule has 1 aromatic carbocycles. The lowest BCUT2D eigenvalue weighted by Crippen LogP contribution is -2.39. The lowest BCUT2D eigenvalue weighted by molar-refractivity contribution is -0.123. The second kappa shape index (κ2) is 9.78. The van der Waals surface area contributed by atoms with Crippen LogP contribution in [0.2, 0.25) is 0 Å². The van der Waals surface area contributed by atoms with Crippen molar-refractivity contribution in [1.82, 2.24) is 0 Å². The molecule has 2 fully saturated rings. The number of nitrogens with zero attached hydrogens (tertiary/aromatic N) is 2. The van der Waals surface area contributed by atoms with E-state index < -0.39 is 23.7 Å². The molecule has 3 heterocycles. The molecule has 7 rings (SSSR count). The van der Waals surface area contributed by atoms with E-state index in [1.54, 1.807) is 19.1 Å². The fourth-order valence-electron chi connectivity index (χ4n) is 7.23. The molecule has 3 aliphatic carbocycles. The summed E-state index contributed by atoms with van der Waals surface area (Å²) in [7, 11) is 0. The smallest absolute Gasteiger partial charge is 0.238 e. The standard InChI is InChI=1S/C32H30N2O7/c1-17-14-25(36)28-24(30(17)37)15-23-21(29(28)26-9-6-20(16-35)41-26)7-8-22-27(23)32(39)34(31(22)38)19-4-2-18(3-5-19)33-10-12-40-13-11-33/h2-7,9,14,22-23,27,29,35H,8,10-13,15-16H2,1H3/t22-,23+,27-,29+/m0/s1. The summed E-state index contributed by atoms with van der Waals surface area (Å²) in [6.07, 6.45) is 3.89. The zero-order valence-electron chi connectivity index (χ0n) is 22.7. The van der Waals surface area contributed by atoms with Crippen LogP contribution in [0.25, 0.3) is 0 Å². The zero-order valence-corrected chi connectivity index (χ0v) is 22.7. The number of ether oxygens (including phenoxy) is 1. The summed E-state index contributed by atoms with van der Waals surface area (Å²) in [6.45, 7) is 4.21. The van der Waals surface area contributed by atoms with Gasteiger partial charge >= 0.3 is 0 Å². The highest BCUT2D eigenvalue weighted by Crippen LogP contribution is 2.55. The van der Waals surface area contributed by atoms with Crippen molar-refractivity contribution in [3.63, 3.8) is 0 Å². The molecule has 1 N–H and O–H groups in total. The Morgan fingerprint density at radius 1 is 0.927 bits per heavy atom. The number of rotatable bonds is 4. The summed E-state index contributed by atoms with van der Waals surface area (Å²) < 4.78 is 11.3. The van der Waals surface area contributed by atoms with Gasteiger partial charge in [-0.15, -0.1) is 0 Å². The predicted molar refractivity (Wildman–Crippen MR) is 148 cm³/mol. The molecule has 9 nitrogen and oxygen atoms in total. The summed E-state index contributed by atoms with van der Waals surface area (Å²) in [5, 5.41) is 9.61. The van der Waals surface area contributed by atoms with Crippen molar-refractivity contribution in [1.29, 1.82) is 0 Å². The third kappa shape index (κ3) is 3.98. The number of fused-ring (bicyclic) bond motifs is 3. The maximum Gasteiger partial charge on any atom is 0.238 e. The number of Topliss-reactive ketones (excluding diaryl/α,β-unsaturated/α-hetero) is 1. The van der Waals surface area contributed by atoms with Crippen molar-refractivity contribution in [2.24, 2.45) is 17.8 Å². The van der Waals surface area contributed by atoms with Crippen LogP contribution in [0.4, 0.5) is 11.4 Å². The minimum absolute atomic E-state index is 0.213. The van der Waals surface area contributed by atoms with Gasteiger partial charge in [-0.25, -0.2) is 0 Å². The maximum atomic E-state index is 14.1. The Labute approximate surface area is 236 Å². The monoisotopic (exact) mass is 554 g/mol. The van der Waals surface area contributed by atoms with Crippen LogP contribution in [0.5, 0.6) is 0 Å². The Morgan fingerprint density at radius 2 is 1.66 bits per heavy atom. The molecule has 41 heavy (non-hydrogen) atoms. The van der Waals surface area contributed by atoms with E-state index in [0.29, 0.717) is 53.6 Å². The van der Waals surface area contributed by atoms with Crippen molar-refractivity contribution in [3.05, 3.63) is 82.4 Å². The quantitative estimate of drug-likeness (QED) is 0.348. The molecular formula is C32H30N2O7. The highest BCUT2D eigenvalue weighted by atomic mass is 16.5. The number of furan rings is 1. The van der Waals surface area contributed by atoms with Gasteiger partial charge in [-0.1, -0.05) is 11.6 Å². The number of hydrogen-bond acceptors (Lipinski definition) is 8. The molecule has 0 spiro atoms. The maximum absolute atomic E-state index is 14.1. The molecule has 210 valence electrons. The Morgan fingerprint density at radius 3 is 2.37 bits per heavy atom. The van der Waals surface area contributed by atoms with Crippen molar-refractivity contribution in [2.45, 2.75) is 32.3 Å². The van der Waals surface area contributed by atoms with E-state index in [9.17, 15) is 24.3 Å². The molecule has 0 bridgehead atoms. The van der Waals surface area contributed by atoms with E-state index in [-0.39, 0.29) is 36.4 Å². The first-order valence-corrected chi connectivity index (χ1v) is 14.1. The van der Waals surface area contributed by atoms with Crippen molar-refractivity contribution in [3.8, 4) is 0 Å². The van der Waals surface area contributed by atoms with E-state index >= 15 is 0 Å².